The molecule has 0 fully saturated rings. The molecular formula is C14H17N3O. The number of nitrogens with zero attached hydrogens (tertiary/aromatic N) is 3. The number of carbonyl (C=O) groups is 1. The van der Waals surface area contributed by atoms with Gasteiger partial charge < -0.3 is 0 Å². The molecule has 0 unspecified atom stereocenters. The molecule has 2 rings (SSSR count). The van der Waals surface area contributed by atoms with Crippen molar-refractivity contribution < 1.29 is 4.79 Å². The van der Waals surface area contributed by atoms with Crippen LogP contribution in [0.15, 0.2) is 24.4 Å². The quantitative estimate of drug-likeness (QED) is 0.773. The summed E-state index contributed by atoms with van der Waals surface area (Å²) in [6.07, 6.45) is 2.88. The molecule has 0 amide bonds. The van der Waals surface area contributed by atoms with E-state index in [9.17, 15) is 4.79 Å². The predicted molar refractivity (Wildman–Crippen MR) is 69.6 cm³/mol. The van der Waals surface area contributed by atoms with Crippen molar-refractivity contribution >= 4 is 5.78 Å². The Balaban J connectivity index is 2.21. The lowest BCUT2D eigenvalue weighted by Gasteiger charge is -2.03. The molecule has 0 saturated heterocycles. The van der Waals surface area contributed by atoms with Gasteiger partial charge in [-0.05, 0) is 31.0 Å². The number of rotatable bonds is 4. The van der Waals surface area contributed by atoms with Crippen LogP contribution in [-0.2, 0) is 19.9 Å². The highest BCUT2D eigenvalue weighted by molar-refractivity contribution is 5.96. The SMILES string of the molecule is CCc1cc(CC(=O)c2ncccc2C)n(C)n1. The second kappa shape index (κ2) is 5.12. The first-order chi connectivity index (χ1) is 8.61. The Bertz CT molecular complexity index is 572. The van der Waals surface area contributed by atoms with E-state index in [4.69, 9.17) is 0 Å². The Morgan fingerprint density at radius 1 is 1.44 bits per heavy atom. The number of hydrogen-bond acceptors (Lipinski definition) is 3. The monoisotopic (exact) mass is 243 g/mol. The molecule has 0 aliphatic rings. The van der Waals surface area contributed by atoms with Crippen LogP contribution in [0.4, 0.5) is 0 Å². The van der Waals surface area contributed by atoms with Crippen molar-refractivity contribution in [3.63, 3.8) is 0 Å². The highest BCUT2D eigenvalue weighted by Crippen LogP contribution is 2.10. The van der Waals surface area contributed by atoms with Crippen molar-refractivity contribution in [3.8, 4) is 0 Å². The molecule has 0 atom stereocenters. The van der Waals surface area contributed by atoms with Gasteiger partial charge in [-0.3, -0.25) is 14.5 Å². The van der Waals surface area contributed by atoms with Crippen LogP contribution in [0, 0.1) is 6.92 Å². The lowest BCUT2D eigenvalue weighted by atomic mass is 10.1. The third kappa shape index (κ3) is 2.47. The molecule has 0 bridgehead atoms. The highest BCUT2D eigenvalue weighted by Gasteiger charge is 2.14. The van der Waals surface area contributed by atoms with Crippen LogP contribution in [0.5, 0.6) is 0 Å². The van der Waals surface area contributed by atoms with Crippen LogP contribution >= 0.6 is 0 Å². The molecule has 0 aliphatic carbocycles. The predicted octanol–water partition coefficient (Wildman–Crippen LogP) is 2.11. The summed E-state index contributed by atoms with van der Waals surface area (Å²) < 4.78 is 1.77. The molecule has 4 heteroatoms. The third-order valence-corrected chi connectivity index (χ3v) is 3.00. The van der Waals surface area contributed by atoms with Crippen LogP contribution in [0.2, 0.25) is 0 Å². The van der Waals surface area contributed by atoms with Gasteiger partial charge in [0.15, 0.2) is 5.78 Å². The molecule has 2 heterocycles. The normalized spacial score (nSPS) is 10.6. The van der Waals surface area contributed by atoms with Crippen molar-refractivity contribution in [3.05, 3.63) is 47.0 Å². The van der Waals surface area contributed by atoms with Crippen LogP contribution in [0.3, 0.4) is 0 Å². The topological polar surface area (TPSA) is 47.8 Å². The minimum absolute atomic E-state index is 0.0405. The third-order valence-electron chi connectivity index (χ3n) is 3.00. The first-order valence-electron chi connectivity index (χ1n) is 6.08. The van der Waals surface area contributed by atoms with E-state index >= 15 is 0 Å². The van der Waals surface area contributed by atoms with Gasteiger partial charge in [0.2, 0.25) is 0 Å². The average molecular weight is 243 g/mol. The summed E-state index contributed by atoms with van der Waals surface area (Å²) >= 11 is 0. The molecule has 2 aromatic heterocycles. The van der Waals surface area contributed by atoms with E-state index in [1.165, 1.54) is 0 Å². The fourth-order valence-electron chi connectivity index (χ4n) is 1.94. The summed E-state index contributed by atoms with van der Waals surface area (Å²) in [5, 5.41) is 4.34. The van der Waals surface area contributed by atoms with Crippen LogP contribution in [0.1, 0.15) is 34.4 Å². The Morgan fingerprint density at radius 3 is 2.83 bits per heavy atom. The summed E-state index contributed by atoms with van der Waals surface area (Å²) in [5.41, 5.74) is 3.41. The molecule has 2 aromatic rings. The Morgan fingerprint density at radius 2 is 2.22 bits per heavy atom. The number of carbonyl (C=O) groups excluding carboxylic acids is 1. The van der Waals surface area contributed by atoms with E-state index in [0.29, 0.717) is 12.1 Å². The fourth-order valence-corrected chi connectivity index (χ4v) is 1.94. The molecular weight excluding hydrogens is 226 g/mol. The minimum atomic E-state index is 0.0405. The molecule has 18 heavy (non-hydrogen) atoms. The Hall–Kier alpha value is -1.97. The number of aromatic nitrogens is 3. The van der Waals surface area contributed by atoms with Gasteiger partial charge in [-0.25, -0.2) is 0 Å². The van der Waals surface area contributed by atoms with Gasteiger partial charge in [-0.15, -0.1) is 0 Å². The molecule has 0 spiro atoms. The second-order valence-corrected chi connectivity index (χ2v) is 4.37. The first kappa shape index (κ1) is 12.5. The van der Waals surface area contributed by atoms with Crippen molar-refractivity contribution in [2.75, 3.05) is 0 Å². The summed E-state index contributed by atoms with van der Waals surface area (Å²) in [6.45, 7) is 3.96. The average Bonchev–Trinajstić information content (AvgIpc) is 2.70. The van der Waals surface area contributed by atoms with Gasteiger partial charge in [0.1, 0.15) is 5.69 Å². The van der Waals surface area contributed by atoms with Crippen molar-refractivity contribution in [1.82, 2.24) is 14.8 Å². The smallest absolute Gasteiger partial charge is 0.187 e. The van der Waals surface area contributed by atoms with E-state index in [-0.39, 0.29) is 5.78 Å². The van der Waals surface area contributed by atoms with Gasteiger partial charge in [-0.2, -0.15) is 5.10 Å². The number of Topliss-reactive ketones (excluding diaryl/α,β-unsaturated/α-hetero) is 1. The van der Waals surface area contributed by atoms with E-state index in [1.54, 1.807) is 10.9 Å². The maximum Gasteiger partial charge on any atom is 0.187 e. The van der Waals surface area contributed by atoms with E-state index in [1.807, 2.05) is 32.2 Å². The zero-order valence-corrected chi connectivity index (χ0v) is 11.0. The van der Waals surface area contributed by atoms with E-state index < -0.39 is 0 Å². The van der Waals surface area contributed by atoms with E-state index in [2.05, 4.69) is 17.0 Å². The second-order valence-electron chi connectivity index (χ2n) is 4.37. The fraction of sp³-hybridized carbons (Fsp3) is 0.357. The molecule has 0 aliphatic heterocycles. The van der Waals surface area contributed by atoms with E-state index in [0.717, 1.165) is 23.4 Å². The number of pyridine rings is 1. The maximum absolute atomic E-state index is 12.2. The lowest BCUT2D eigenvalue weighted by Crippen LogP contribution is -2.10. The van der Waals surface area contributed by atoms with Gasteiger partial charge in [-0.1, -0.05) is 13.0 Å². The number of ketones is 1. The van der Waals surface area contributed by atoms with Crippen LogP contribution in [-0.4, -0.2) is 20.5 Å². The van der Waals surface area contributed by atoms with Crippen molar-refractivity contribution in [1.29, 1.82) is 0 Å². The first-order valence-corrected chi connectivity index (χ1v) is 6.08. The zero-order chi connectivity index (χ0) is 13.1. The maximum atomic E-state index is 12.2. The minimum Gasteiger partial charge on any atom is -0.292 e. The molecule has 4 nitrogen and oxygen atoms in total. The van der Waals surface area contributed by atoms with Gasteiger partial charge in [0.25, 0.3) is 0 Å². The van der Waals surface area contributed by atoms with Crippen molar-refractivity contribution in [2.45, 2.75) is 26.7 Å². The Kier molecular flexibility index (Phi) is 3.55. The molecule has 0 saturated carbocycles. The summed E-state index contributed by atoms with van der Waals surface area (Å²) in [4.78, 5) is 16.3. The van der Waals surface area contributed by atoms with Crippen LogP contribution < -0.4 is 0 Å². The summed E-state index contributed by atoms with van der Waals surface area (Å²) in [5.74, 6) is 0.0405. The molecule has 0 radical (unpaired) electrons. The van der Waals surface area contributed by atoms with Gasteiger partial charge in [0, 0.05) is 18.9 Å². The lowest BCUT2D eigenvalue weighted by molar-refractivity contribution is 0.0985. The molecule has 0 aromatic carbocycles. The molecule has 94 valence electrons. The van der Waals surface area contributed by atoms with Crippen molar-refractivity contribution in [2.24, 2.45) is 7.05 Å². The van der Waals surface area contributed by atoms with Crippen LogP contribution in [0.25, 0.3) is 0 Å². The molecule has 0 N–H and O–H groups in total. The number of hydrogen-bond donors (Lipinski definition) is 0. The number of aryl methyl sites for hydroxylation is 3. The Labute approximate surface area is 107 Å². The van der Waals surface area contributed by atoms with Gasteiger partial charge >= 0.3 is 0 Å². The standard InChI is InChI=1S/C14H17N3O/c1-4-11-8-12(17(3)16-11)9-13(18)14-10(2)6-5-7-15-14/h5-8H,4,9H2,1-3H3. The van der Waals surface area contributed by atoms with Gasteiger partial charge in [0.05, 0.1) is 12.1 Å². The summed E-state index contributed by atoms with van der Waals surface area (Å²) in [6, 6.07) is 5.72. The largest absolute Gasteiger partial charge is 0.292 e. The summed E-state index contributed by atoms with van der Waals surface area (Å²) in [7, 11) is 1.87. The zero-order valence-electron chi connectivity index (χ0n) is 11.0. The highest BCUT2D eigenvalue weighted by atomic mass is 16.1.